The third kappa shape index (κ3) is 3.10. The van der Waals surface area contributed by atoms with Crippen LogP contribution in [-0.2, 0) is 7.05 Å². The molecule has 2 aromatic heterocycles. The molecular weight excluding hydrogens is 318 g/mol. The highest BCUT2D eigenvalue weighted by Crippen LogP contribution is 2.38. The summed E-state index contributed by atoms with van der Waals surface area (Å²) >= 11 is 0. The minimum absolute atomic E-state index is 0.164. The standard InChI is InChI=1S/C18H19N5O2/c1-23-10-13(9-21-23)17(12-6-14(24)7-12)22-18(25)11-2-3-15-16(8-11)20-5-4-19-15/h2-5,8-10,12,14,17,24H,6-7H2,1H3,(H,22,25)/t12?,14?,17-/m1/s1. The Bertz CT molecular complexity index is 916. The van der Waals surface area contributed by atoms with Crippen molar-refractivity contribution < 1.29 is 9.90 Å². The largest absolute Gasteiger partial charge is 0.393 e. The van der Waals surface area contributed by atoms with Crippen LogP contribution in [-0.4, -0.2) is 36.9 Å². The van der Waals surface area contributed by atoms with Gasteiger partial charge in [0.25, 0.3) is 5.91 Å². The van der Waals surface area contributed by atoms with Crippen molar-refractivity contribution in [3.8, 4) is 0 Å². The smallest absolute Gasteiger partial charge is 0.251 e. The Morgan fingerprint density at radius 1 is 1.28 bits per heavy atom. The summed E-state index contributed by atoms with van der Waals surface area (Å²) < 4.78 is 1.72. The maximum Gasteiger partial charge on any atom is 0.251 e. The number of aromatic nitrogens is 4. The van der Waals surface area contributed by atoms with E-state index in [4.69, 9.17) is 0 Å². The lowest BCUT2D eigenvalue weighted by Crippen LogP contribution is -2.41. The van der Waals surface area contributed by atoms with Gasteiger partial charge in [0, 0.05) is 36.8 Å². The van der Waals surface area contributed by atoms with Crippen LogP contribution in [0.3, 0.4) is 0 Å². The van der Waals surface area contributed by atoms with Gasteiger partial charge in [-0.05, 0) is 37.0 Å². The highest BCUT2D eigenvalue weighted by molar-refractivity contribution is 5.97. The molecule has 1 saturated carbocycles. The number of nitrogens with one attached hydrogen (secondary N) is 1. The summed E-state index contributed by atoms with van der Waals surface area (Å²) in [5, 5.41) is 16.9. The van der Waals surface area contributed by atoms with E-state index < -0.39 is 0 Å². The summed E-state index contributed by atoms with van der Waals surface area (Å²) in [6, 6.07) is 5.13. The topological polar surface area (TPSA) is 92.9 Å². The van der Waals surface area contributed by atoms with Crippen LogP contribution in [0.5, 0.6) is 0 Å². The van der Waals surface area contributed by atoms with Gasteiger partial charge in [-0.25, -0.2) is 0 Å². The molecule has 1 aliphatic rings. The van der Waals surface area contributed by atoms with E-state index in [2.05, 4.69) is 20.4 Å². The van der Waals surface area contributed by atoms with E-state index in [-0.39, 0.29) is 24.0 Å². The maximum atomic E-state index is 12.8. The van der Waals surface area contributed by atoms with Gasteiger partial charge in [0.2, 0.25) is 0 Å². The number of nitrogens with zero attached hydrogens (tertiary/aromatic N) is 4. The molecule has 0 unspecified atom stereocenters. The van der Waals surface area contributed by atoms with Gasteiger partial charge in [-0.15, -0.1) is 0 Å². The lowest BCUT2D eigenvalue weighted by molar-refractivity contribution is 0.0235. The number of amides is 1. The molecule has 1 aliphatic carbocycles. The van der Waals surface area contributed by atoms with Crippen LogP contribution in [0.1, 0.15) is 34.8 Å². The molecule has 2 N–H and O–H groups in total. The first-order valence-corrected chi connectivity index (χ1v) is 8.28. The van der Waals surface area contributed by atoms with Gasteiger partial charge in [-0.2, -0.15) is 5.10 Å². The number of carbonyl (C=O) groups excluding carboxylic acids is 1. The normalized spacial score (nSPS) is 20.9. The fraction of sp³-hybridized carbons (Fsp3) is 0.333. The maximum absolute atomic E-state index is 12.8. The molecular formula is C18H19N5O2. The Kier molecular flexibility index (Phi) is 3.93. The van der Waals surface area contributed by atoms with Gasteiger partial charge in [0.15, 0.2) is 0 Å². The SMILES string of the molecule is Cn1cc([C@H](NC(=O)c2ccc3nccnc3c2)C2CC(O)C2)cn1. The third-order valence-electron chi connectivity index (χ3n) is 4.72. The molecule has 1 fully saturated rings. The van der Waals surface area contributed by atoms with E-state index in [1.54, 1.807) is 41.5 Å². The zero-order chi connectivity index (χ0) is 17.4. The van der Waals surface area contributed by atoms with Crippen LogP contribution in [0.4, 0.5) is 0 Å². The van der Waals surface area contributed by atoms with Crippen molar-refractivity contribution >= 4 is 16.9 Å². The van der Waals surface area contributed by atoms with Gasteiger partial charge in [0.05, 0.1) is 29.4 Å². The average Bonchev–Trinajstić information content (AvgIpc) is 3.03. The van der Waals surface area contributed by atoms with Crippen LogP contribution in [0, 0.1) is 5.92 Å². The monoisotopic (exact) mass is 337 g/mol. The number of aryl methyl sites for hydroxylation is 1. The fourth-order valence-corrected chi connectivity index (χ4v) is 3.31. The van der Waals surface area contributed by atoms with Crippen LogP contribution < -0.4 is 5.32 Å². The summed E-state index contributed by atoms with van der Waals surface area (Å²) in [5.74, 6) is 0.0474. The number of fused-ring (bicyclic) bond motifs is 1. The molecule has 0 spiro atoms. The first-order valence-electron chi connectivity index (χ1n) is 8.28. The molecule has 0 aliphatic heterocycles. The number of aliphatic hydroxyl groups excluding tert-OH is 1. The second-order valence-corrected chi connectivity index (χ2v) is 6.54. The van der Waals surface area contributed by atoms with Crippen LogP contribution >= 0.6 is 0 Å². The van der Waals surface area contributed by atoms with Gasteiger partial charge < -0.3 is 10.4 Å². The van der Waals surface area contributed by atoms with Crippen molar-refractivity contribution in [2.45, 2.75) is 25.0 Å². The zero-order valence-corrected chi connectivity index (χ0v) is 13.8. The number of hydrogen-bond donors (Lipinski definition) is 2. The molecule has 25 heavy (non-hydrogen) atoms. The number of aliphatic hydroxyl groups is 1. The molecule has 7 heteroatoms. The van der Waals surface area contributed by atoms with Gasteiger partial charge in [0.1, 0.15) is 0 Å². The first-order chi connectivity index (χ1) is 12.1. The highest BCUT2D eigenvalue weighted by Gasteiger charge is 2.36. The Hall–Kier alpha value is -2.80. The number of hydrogen-bond acceptors (Lipinski definition) is 5. The summed E-state index contributed by atoms with van der Waals surface area (Å²) in [4.78, 5) is 21.2. The molecule has 0 radical (unpaired) electrons. The predicted octanol–water partition coefficient (Wildman–Crippen LogP) is 1.61. The van der Waals surface area contributed by atoms with E-state index in [9.17, 15) is 9.90 Å². The van der Waals surface area contributed by atoms with Crippen molar-refractivity contribution in [3.05, 3.63) is 54.1 Å². The number of rotatable bonds is 4. The quantitative estimate of drug-likeness (QED) is 0.754. The van der Waals surface area contributed by atoms with E-state index in [1.165, 1.54) is 0 Å². The van der Waals surface area contributed by atoms with E-state index >= 15 is 0 Å². The van der Waals surface area contributed by atoms with E-state index in [0.29, 0.717) is 23.9 Å². The van der Waals surface area contributed by atoms with Crippen LogP contribution in [0.15, 0.2) is 43.0 Å². The van der Waals surface area contributed by atoms with Crippen molar-refractivity contribution in [2.75, 3.05) is 0 Å². The Morgan fingerprint density at radius 2 is 2.04 bits per heavy atom. The van der Waals surface area contributed by atoms with Gasteiger partial charge >= 0.3 is 0 Å². The molecule has 0 saturated heterocycles. The minimum Gasteiger partial charge on any atom is -0.393 e. The van der Waals surface area contributed by atoms with Crippen LogP contribution in [0.2, 0.25) is 0 Å². The summed E-state index contributed by atoms with van der Waals surface area (Å²) in [6.45, 7) is 0. The molecule has 4 rings (SSSR count). The average molecular weight is 337 g/mol. The molecule has 7 nitrogen and oxygen atoms in total. The summed E-state index contributed by atoms with van der Waals surface area (Å²) in [6.07, 6.45) is 7.99. The minimum atomic E-state index is -0.281. The number of benzene rings is 1. The lowest BCUT2D eigenvalue weighted by Gasteiger charge is -2.37. The molecule has 0 bridgehead atoms. The molecule has 1 atom stereocenters. The third-order valence-corrected chi connectivity index (χ3v) is 4.72. The Morgan fingerprint density at radius 3 is 2.72 bits per heavy atom. The van der Waals surface area contributed by atoms with Crippen molar-refractivity contribution in [2.24, 2.45) is 13.0 Å². The molecule has 128 valence electrons. The summed E-state index contributed by atoms with van der Waals surface area (Å²) in [5.41, 5.74) is 2.94. The van der Waals surface area contributed by atoms with Crippen LogP contribution in [0.25, 0.3) is 11.0 Å². The molecule has 1 aromatic carbocycles. The van der Waals surface area contributed by atoms with Gasteiger partial charge in [-0.1, -0.05) is 0 Å². The zero-order valence-electron chi connectivity index (χ0n) is 13.8. The first kappa shape index (κ1) is 15.7. The van der Waals surface area contributed by atoms with Crippen molar-refractivity contribution in [1.29, 1.82) is 0 Å². The second kappa shape index (κ2) is 6.25. The second-order valence-electron chi connectivity index (χ2n) is 6.54. The predicted molar refractivity (Wildman–Crippen MR) is 91.7 cm³/mol. The lowest BCUT2D eigenvalue weighted by atomic mass is 9.75. The van der Waals surface area contributed by atoms with Crippen molar-refractivity contribution in [3.63, 3.8) is 0 Å². The molecule has 2 heterocycles. The highest BCUT2D eigenvalue weighted by atomic mass is 16.3. The summed E-state index contributed by atoms with van der Waals surface area (Å²) in [7, 11) is 1.85. The Balaban J connectivity index is 1.58. The Labute approximate surface area is 144 Å². The number of carbonyl (C=O) groups is 1. The van der Waals surface area contributed by atoms with Crippen molar-refractivity contribution in [1.82, 2.24) is 25.1 Å². The molecule has 3 aromatic rings. The molecule has 1 amide bonds. The van der Waals surface area contributed by atoms with E-state index in [1.807, 2.05) is 13.2 Å². The van der Waals surface area contributed by atoms with Gasteiger partial charge in [-0.3, -0.25) is 19.4 Å². The fourth-order valence-electron chi connectivity index (χ4n) is 3.31. The van der Waals surface area contributed by atoms with E-state index in [0.717, 1.165) is 11.1 Å².